The Hall–Kier alpha value is -2.47. The van der Waals surface area contributed by atoms with Crippen LogP contribution in [0.2, 0.25) is 0 Å². The predicted octanol–water partition coefficient (Wildman–Crippen LogP) is 3.59. The van der Waals surface area contributed by atoms with E-state index in [9.17, 15) is 4.79 Å². The molecule has 1 aromatic carbocycles. The first-order valence-electron chi connectivity index (χ1n) is 9.08. The number of carbonyl (C=O) groups excluding carboxylic acids is 1. The molecule has 0 radical (unpaired) electrons. The molecule has 0 spiro atoms. The van der Waals surface area contributed by atoms with Gasteiger partial charge in [-0.2, -0.15) is 5.10 Å². The van der Waals surface area contributed by atoms with Crippen LogP contribution in [-0.2, 0) is 25.9 Å². The average molecular weight is 366 g/mol. The van der Waals surface area contributed by atoms with Crippen molar-refractivity contribution in [3.8, 4) is 0 Å². The molecule has 2 heterocycles. The summed E-state index contributed by atoms with van der Waals surface area (Å²) in [4.78, 5) is 18.8. The third-order valence-electron chi connectivity index (χ3n) is 4.73. The van der Waals surface area contributed by atoms with E-state index < -0.39 is 0 Å². The van der Waals surface area contributed by atoms with Gasteiger partial charge in [-0.05, 0) is 48.4 Å². The molecule has 0 fully saturated rings. The minimum Gasteiger partial charge on any atom is -0.347 e. The smallest absolute Gasteiger partial charge is 0.261 e. The van der Waals surface area contributed by atoms with E-state index in [0.29, 0.717) is 13.1 Å². The van der Waals surface area contributed by atoms with Crippen LogP contribution in [0.25, 0.3) is 0 Å². The average Bonchev–Trinajstić information content (AvgIpc) is 3.25. The van der Waals surface area contributed by atoms with Crippen molar-refractivity contribution in [2.75, 3.05) is 0 Å². The van der Waals surface area contributed by atoms with E-state index >= 15 is 0 Å². The number of hydrogen-bond acceptors (Lipinski definition) is 4. The molecule has 0 unspecified atom stereocenters. The molecular weight excluding hydrogens is 344 g/mol. The zero-order valence-corrected chi connectivity index (χ0v) is 15.5. The third-order valence-corrected chi connectivity index (χ3v) is 5.96. The van der Waals surface area contributed by atoms with E-state index in [-0.39, 0.29) is 5.91 Å². The standard InChI is InChI=1S/C20H22N4OS/c25-20(19-10-17-7-2-1-3-8-18(17)26-19)22-11-15-5-4-6-16(9-15)12-24-14-21-13-23-24/h4-6,9-10,13-14H,1-3,7-8,11-12H2,(H,22,25). The molecule has 134 valence electrons. The van der Waals surface area contributed by atoms with Crippen molar-refractivity contribution >= 4 is 17.2 Å². The van der Waals surface area contributed by atoms with Gasteiger partial charge in [-0.15, -0.1) is 11.3 Å². The van der Waals surface area contributed by atoms with Gasteiger partial charge in [-0.3, -0.25) is 4.79 Å². The van der Waals surface area contributed by atoms with Crippen molar-refractivity contribution in [1.29, 1.82) is 0 Å². The van der Waals surface area contributed by atoms with Gasteiger partial charge in [0.05, 0.1) is 11.4 Å². The maximum Gasteiger partial charge on any atom is 0.261 e. The summed E-state index contributed by atoms with van der Waals surface area (Å²) < 4.78 is 1.79. The summed E-state index contributed by atoms with van der Waals surface area (Å²) in [5.41, 5.74) is 3.62. The Balaban J connectivity index is 1.38. The van der Waals surface area contributed by atoms with Gasteiger partial charge in [0.1, 0.15) is 12.7 Å². The zero-order chi connectivity index (χ0) is 17.8. The largest absolute Gasteiger partial charge is 0.347 e. The molecule has 0 bridgehead atoms. The lowest BCUT2D eigenvalue weighted by Gasteiger charge is -2.07. The van der Waals surface area contributed by atoms with Crippen LogP contribution in [0.1, 0.15) is 50.5 Å². The number of aryl methyl sites for hydroxylation is 2. The number of fused-ring (bicyclic) bond motifs is 1. The Morgan fingerprint density at radius 3 is 2.92 bits per heavy atom. The predicted molar refractivity (Wildman–Crippen MR) is 102 cm³/mol. The first-order chi connectivity index (χ1) is 12.8. The molecule has 3 aromatic rings. The molecular formula is C20H22N4OS. The fraction of sp³-hybridized carbons (Fsp3) is 0.350. The Bertz CT molecular complexity index is 862. The Kier molecular flexibility index (Phi) is 5.11. The van der Waals surface area contributed by atoms with Gasteiger partial charge in [0.2, 0.25) is 0 Å². The quantitative estimate of drug-likeness (QED) is 0.702. The summed E-state index contributed by atoms with van der Waals surface area (Å²) in [6.45, 7) is 1.21. The highest BCUT2D eigenvalue weighted by Crippen LogP contribution is 2.28. The normalized spacial score (nSPS) is 13.8. The third kappa shape index (κ3) is 4.02. The molecule has 5 nitrogen and oxygen atoms in total. The summed E-state index contributed by atoms with van der Waals surface area (Å²) in [6, 6.07) is 10.3. The topological polar surface area (TPSA) is 59.8 Å². The fourth-order valence-corrected chi connectivity index (χ4v) is 4.56. The Morgan fingerprint density at radius 1 is 1.15 bits per heavy atom. The number of amides is 1. The van der Waals surface area contributed by atoms with Crippen LogP contribution in [0.15, 0.2) is 43.0 Å². The number of nitrogens with zero attached hydrogens (tertiary/aromatic N) is 3. The number of benzene rings is 1. The number of carbonyl (C=O) groups is 1. The van der Waals surface area contributed by atoms with Gasteiger partial charge < -0.3 is 5.32 Å². The number of hydrogen-bond donors (Lipinski definition) is 1. The second kappa shape index (κ2) is 7.83. The van der Waals surface area contributed by atoms with Crippen LogP contribution in [0.5, 0.6) is 0 Å². The van der Waals surface area contributed by atoms with Crippen LogP contribution in [-0.4, -0.2) is 20.7 Å². The van der Waals surface area contributed by atoms with Gasteiger partial charge in [-0.1, -0.05) is 30.7 Å². The van der Waals surface area contributed by atoms with Crippen LogP contribution in [0, 0.1) is 0 Å². The van der Waals surface area contributed by atoms with Gasteiger partial charge in [0.15, 0.2) is 0 Å². The van der Waals surface area contributed by atoms with Crippen molar-refractivity contribution in [3.05, 3.63) is 69.4 Å². The second-order valence-electron chi connectivity index (χ2n) is 6.72. The number of nitrogens with one attached hydrogen (secondary N) is 1. The lowest BCUT2D eigenvalue weighted by molar-refractivity contribution is 0.0955. The summed E-state index contributed by atoms with van der Waals surface area (Å²) in [5.74, 6) is 0.0322. The van der Waals surface area contributed by atoms with E-state index in [0.717, 1.165) is 28.8 Å². The number of rotatable bonds is 5. The highest BCUT2D eigenvalue weighted by Gasteiger charge is 2.16. The van der Waals surface area contributed by atoms with E-state index in [1.54, 1.807) is 22.3 Å². The lowest BCUT2D eigenvalue weighted by Crippen LogP contribution is -2.21. The first kappa shape index (κ1) is 17.0. The first-order valence-corrected chi connectivity index (χ1v) is 9.89. The SMILES string of the molecule is O=C(NCc1cccc(Cn2cncn2)c1)c1cc2c(s1)CCCCC2. The van der Waals surface area contributed by atoms with Crippen LogP contribution < -0.4 is 5.32 Å². The van der Waals surface area contributed by atoms with Crippen molar-refractivity contribution in [2.24, 2.45) is 0 Å². The van der Waals surface area contributed by atoms with E-state index in [1.165, 1.54) is 36.0 Å². The molecule has 2 aromatic heterocycles. The highest BCUT2D eigenvalue weighted by atomic mass is 32.1. The van der Waals surface area contributed by atoms with E-state index in [2.05, 4.69) is 33.6 Å². The molecule has 6 heteroatoms. The molecule has 1 aliphatic rings. The lowest BCUT2D eigenvalue weighted by atomic mass is 10.1. The van der Waals surface area contributed by atoms with E-state index in [4.69, 9.17) is 0 Å². The molecule has 0 aliphatic heterocycles. The molecule has 26 heavy (non-hydrogen) atoms. The molecule has 0 saturated heterocycles. The monoisotopic (exact) mass is 366 g/mol. The summed E-state index contributed by atoms with van der Waals surface area (Å²) in [5, 5.41) is 7.19. The summed E-state index contributed by atoms with van der Waals surface area (Å²) in [6.07, 6.45) is 9.26. The van der Waals surface area contributed by atoms with Gasteiger partial charge in [0.25, 0.3) is 5.91 Å². The van der Waals surface area contributed by atoms with Crippen molar-refractivity contribution < 1.29 is 4.79 Å². The van der Waals surface area contributed by atoms with Crippen LogP contribution in [0.3, 0.4) is 0 Å². The van der Waals surface area contributed by atoms with Crippen LogP contribution in [0.4, 0.5) is 0 Å². The Labute approximate surface area is 157 Å². The molecule has 0 atom stereocenters. The maximum atomic E-state index is 12.5. The highest BCUT2D eigenvalue weighted by molar-refractivity contribution is 7.14. The van der Waals surface area contributed by atoms with Crippen LogP contribution >= 0.6 is 11.3 Å². The minimum atomic E-state index is 0.0322. The second-order valence-corrected chi connectivity index (χ2v) is 7.85. The summed E-state index contributed by atoms with van der Waals surface area (Å²) in [7, 11) is 0. The minimum absolute atomic E-state index is 0.0322. The van der Waals surface area contributed by atoms with Gasteiger partial charge >= 0.3 is 0 Å². The van der Waals surface area contributed by atoms with Gasteiger partial charge in [0, 0.05) is 11.4 Å². The van der Waals surface area contributed by atoms with E-state index in [1.807, 2.05) is 12.1 Å². The molecule has 4 rings (SSSR count). The van der Waals surface area contributed by atoms with Gasteiger partial charge in [-0.25, -0.2) is 9.67 Å². The van der Waals surface area contributed by atoms with Crippen molar-refractivity contribution in [1.82, 2.24) is 20.1 Å². The zero-order valence-electron chi connectivity index (χ0n) is 14.6. The Morgan fingerprint density at radius 2 is 2.04 bits per heavy atom. The maximum absolute atomic E-state index is 12.5. The van der Waals surface area contributed by atoms with Crippen molar-refractivity contribution in [3.63, 3.8) is 0 Å². The number of aromatic nitrogens is 3. The molecule has 1 aliphatic carbocycles. The molecule has 0 saturated carbocycles. The fourth-order valence-electron chi connectivity index (χ4n) is 3.39. The molecule has 1 N–H and O–H groups in total. The summed E-state index contributed by atoms with van der Waals surface area (Å²) >= 11 is 1.67. The van der Waals surface area contributed by atoms with Crippen molar-refractivity contribution in [2.45, 2.75) is 45.2 Å². The molecule has 1 amide bonds. The number of thiophene rings is 1.